The number of rotatable bonds is 1. The van der Waals surface area contributed by atoms with E-state index in [-0.39, 0.29) is 0 Å². The van der Waals surface area contributed by atoms with Gasteiger partial charge in [-0.05, 0) is 19.1 Å². The van der Waals surface area contributed by atoms with E-state index in [0.717, 1.165) is 6.54 Å². The summed E-state index contributed by atoms with van der Waals surface area (Å²) in [6.07, 6.45) is 0. The van der Waals surface area contributed by atoms with Gasteiger partial charge in [0.05, 0.1) is 1.37 Å². The summed E-state index contributed by atoms with van der Waals surface area (Å²) in [5.41, 5.74) is 2.48. The lowest BCUT2D eigenvalue weighted by Gasteiger charge is -2.01. The van der Waals surface area contributed by atoms with Crippen molar-refractivity contribution in [3.63, 3.8) is 0 Å². The number of nitrogens with zero attached hydrogens (tertiary/aromatic N) is 1. The summed E-state index contributed by atoms with van der Waals surface area (Å²) in [7, 11) is 0. The Bertz CT molecular complexity index is 667. The predicted molar refractivity (Wildman–Crippen MR) is 65.1 cm³/mol. The Morgan fingerprint density at radius 3 is 2.47 bits per heavy atom. The van der Waals surface area contributed by atoms with Crippen LogP contribution in [0, 0.1) is 0 Å². The topological polar surface area (TPSA) is 4.93 Å². The highest BCUT2D eigenvalue weighted by molar-refractivity contribution is 6.07. The Kier molecular flexibility index (Phi) is 1.57. The number of hydrogen-bond donors (Lipinski definition) is 0. The van der Waals surface area contributed by atoms with Crippen molar-refractivity contribution in [3.8, 4) is 0 Å². The van der Waals surface area contributed by atoms with Gasteiger partial charge in [0.1, 0.15) is 0 Å². The van der Waals surface area contributed by atoms with Crippen LogP contribution in [0.5, 0.6) is 0 Å². The normalized spacial score (nSPS) is 12.2. The van der Waals surface area contributed by atoms with Gasteiger partial charge in [0.25, 0.3) is 0 Å². The largest absolute Gasteiger partial charge is 0.341 e. The number of aromatic nitrogens is 1. The molecule has 0 atom stereocenters. The van der Waals surface area contributed by atoms with Crippen LogP contribution in [0.25, 0.3) is 21.8 Å². The van der Waals surface area contributed by atoms with Crippen LogP contribution < -0.4 is 0 Å². The van der Waals surface area contributed by atoms with Gasteiger partial charge in [0, 0.05) is 28.4 Å². The Labute approximate surface area is 90.3 Å². The van der Waals surface area contributed by atoms with Gasteiger partial charge in [-0.25, -0.2) is 0 Å². The van der Waals surface area contributed by atoms with Crippen molar-refractivity contribution in [1.29, 1.82) is 0 Å². The number of aryl methyl sites for hydroxylation is 1. The van der Waals surface area contributed by atoms with E-state index in [1.54, 1.807) is 0 Å². The van der Waals surface area contributed by atoms with Crippen LogP contribution in [0.4, 0.5) is 0 Å². The fraction of sp³-hybridized carbons (Fsp3) is 0.143. The molecule has 0 unspecified atom stereocenters. The highest BCUT2D eigenvalue weighted by atomic mass is 15.0. The summed E-state index contributed by atoms with van der Waals surface area (Å²) in [5, 5.41) is 2.43. The molecule has 1 heteroatoms. The first-order valence-electron chi connectivity index (χ1n) is 5.79. The van der Waals surface area contributed by atoms with Crippen LogP contribution in [-0.2, 0) is 6.54 Å². The molecule has 0 aliphatic carbocycles. The fourth-order valence-electron chi connectivity index (χ4n) is 2.28. The lowest BCUT2D eigenvalue weighted by molar-refractivity contribution is 0.827. The molecule has 3 rings (SSSR count). The van der Waals surface area contributed by atoms with Crippen molar-refractivity contribution in [2.45, 2.75) is 13.5 Å². The minimum absolute atomic E-state index is 0.575. The van der Waals surface area contributed by atoms with Crippen LogP contribution in [-0.4, -0.2) is 4.57 Å². The molecule has 3 aromatic rings. The smallest absolute Gasteiger partial charge is 0.0623 e. The second-order valence-electron chi connectivity index (χ2n) is 3.70. The molecule has 1 heterocycles. The van der Waals surface area contributed by atoms with E-state index in [9.17, 15) is 0 Å². The molecule has 1 aromatic heterocycles. The molecule has 0 saturated carbocycles. The van der Waals surface area contributed by atoms with E-state index in [1.165, 1.54) is 21.8 Å². The molecule has 0 spiro atoms. The quantitative estimate of drug-likeness (QED) is 0.557. The predicted octanol–water partition coefficient (Wildman–Crippen LogP) is 3.81. The molecule has 0 bridgehead atoms. The highest BCUT2D eigenvalue weighted by Crippen LogP contribution is 2.28. The van der Waals surface area contributed by atoms with E-state index in [2.05, 4.69) is 35.8 Å². The van der Waals surface area contributed by atoms with Gasteiger partial charge in [0.15, 0.2) is 0 Å². The lowest BCUT2D eigenvalue weighted by Crippen LogP contribution is -1.91. The minimum Gasteiger partial charge on any atom is -0.341 e. The van der Waals surface area contributed by atoms with Gasteiger partial charge in [0.2, 0.25) is 0 Å². The number of benzene rings is 2. The average Bonchev–Trinajstić information content (AvgIpc) is 2.62. The molecular formula is C14H13N. The van der Waals surface area contributed by atoms with E-state index in [4.69, 9.17) is 1.37 Å². The molecule has 15 heavy (non-hydrogen) atoms. The molecule has 0 N–H and O–H groups in total. The zero-order valence-electron chi connectivity index (χ0n) is 9.70. The molecule has 2 aromatic carbocycles. The molecule has 0 aliphatic rings. The Balaban J connectivity index is 2.59. The first-order valence-corrected chi connectivity index (χ1v) is 5.29. The van der Waals surface area contributed by atoms with Gasteiger partial charge < -0.3 is 4.57 Å². The molecule has 74 valence electrons. The third-order valence-corrected chi connectivity index (χ3v) is 2.93. The van der Waals surface area contributed by atoms with Crippen LogP contribution in [0.1, 0.15) is 8.29 Å². The molecule has 0 amide bonds. The van der Waals surface area contributed by atoms with Crippen LogP contribution in [0.2, 0.25) is 0 Å². The van der Waals surface area contributed by atoms with Crippen molar-refractivity contribution in [2.75, 3.05) is 0 Å². The van der Waals surface area contributed by atoms with Crippen LogP contribution in [0.15, 0.2) is 48.5 Å². The van der Waals surface area contributed by atoms with Gasteiger partial charge in [-0.2, -0.15) is 0 Å². The van der Waals surface area contributed by atoms with Gasteiger partial charge >= 0.3 is 0 Å². The third-order valence-electron chi connectivity index (χ3n) is 2.93. The number of para-hydroxylation sites is 2. The SMILES string of the molecule is [2H]c1ccc2c(c1)c1ccccc1n2CC. The van der Waals surface area contributed by atoms with Crippen molar-refractivity contribution < 1.29 is 1.37 Å². The maximum Gasteiger partial charge on any atom is 0.0623 e. The Morgan fingerprint density at radius 1 is 1.00 bits per heavy atom. The maximum absolute atomic E-state index is 7.71. The van der Waals surface area contributed by atoms with Crippen molar-refractivity contribution in [2.24, 2.45) is 0 Å². The van der Waals surface area contributed by atoms with Crippen LogP contribution >= 0.6 is 0 Å². The molecule has 0 aliphatic heterocycles. The van der Waals surface area contributed by atoms with E-state index in [1.807, 2.05) is 18.2 Å². The molecular weight excluding hydrogens is 182 g/mol. The van der Waals surface area contributed by atoms with Crippen molar-refractivity contribution >= 4 is 21.8 Å². The molecule has 0 radical (unpaired) electrons. The summed E-state index contributed by atoms with van der Waals surface area (Å²) >= 11 is 0. The second-order valence-corrected chi connectivity index (χ2v) is 3.70. The van der Waals surface area contributed by atoms with Gasteiger partial charge in [-0.1, -0.05) is 36.4 Å². The van der Waals surface area contributed by atoms with Crippen molar-refractivity contribution in [1.82, 2.24) is 4.57 Å². The van der Waals surface area contributed by atoms with Crippen molar-refractivity contribution in [3.05, 3.63) is 48.5 Å². The summed E-state index contributed by atoms with van der Waals surface area (Å²) < 4.78 is 10.0. The minimum atomic E-state index is 0.575. The molecule has 0 fully saturated rings. The monoisotopic (exact) mass is 196 g/mol. The standard InChI is InChI=1S/C14H13N/c1-2-15-13-9-5-3-7-11(13)12-8-4-6-10-14(12)15/h3-10H,2H2,1H3/i3D. The second kappa shape index (κ2) is 3.13. The maximum atomic E-state index is 7.71. The molecule has 1 nitrogen and oxygen atoms in total. The summed E-state index contributed by atoms with van der Waals surface area (Å²) in [6, 6.07) is 14.8. The third kappa shape index (κ3) is 1.09. The van der Waals surface area contributed by atoms with E-state index < -0.39 is 0 Å². The summed E-state index contributed by atoms with van der Waals surface area (Å²) in [6.45, 7) is 3.11. The Hall–Kier alpha value is -1.76. The number of hydrogen-bond acceptors (Lipinski definition) is 0. The first kappa shape index (κ1) is 7.52. The lowest BCUT2D eigenvalue weighted by atomic mass is 10.2. The van der Waals surface area contributed by atoms with E-state index >= 15 is 0 Å². The number of fused-ring (bicyclic) bond motifs is 3. The highest BCUT2D eigenvalue weighted by Gasteiger charge is 2.06. The first-order chi connectivity index (χ1) is 7.81. The summed E-state index contributed by atoms with van der Waals surface area (Å²) in [5.74, 6) is 0. The van der Waals surface area contributed by atoms with Crippen LogP contribution in [0.3, 0.4) is 0 Å². The van der Waals surface area contributed by atoms with E-state index in [0.29, 0.717) is 6.04 Å². The molecule has 0 saturated heterocycles. The zero-order chi connectivity index (χ0) is 11.1. The van der Waals surface area contributed by atoms with Gasteiger partial charge in [-0.15, -0.1) is 0 Å². The summed E-state index contributed by atoms with van der Waals surface area (Å²) in [4.78, 5) is 0. The zero-order valence-corrected chi connectivity index (χ0v) is 8.70. The average molecular weight is 196 g/mol. The fourth-order valence-corrected chi connectivity index (χ4v) is 2.28. The van der Waals surface area contributed by atoms with Gasteiger partial charge in [-0.3, -0.25) is 0 Å². The Morgan fingerprint density at radius 2 is 1.67 bits per heavy atom.